The molecule has 0 amide bonds. The van der Waals surface area contributed by atoms with Crippen molar-refractivity contribution in [2.45, 2.75) is 0 Å². The maximum Gasteiger partial charge on any atom is 0.232 e. The van der Waals surface area contributed by atoms with Gasteiger partial charge in [-0.1, -0.05) is 12.1 Å². The minimum Gasteiger partial charge on any atom is -0.463 e. The second-order valence-electron chi connectivity index (χ2n) is 5.72. The quantitative estimate of drug-likeness (QED) is 0.562. The molecule has 0 aliphatic heterocycles. The second kappa shape index (κ2) is 7.37. The van der Waals surface area contributed by atoms with Crippen molar-refractivity contribution in [3.63, 3.8) is 0 Å². The van der Waals surface area contributed by atoms with E-state index in [1.54, 1.807) is 6.07 Å². The van der Waals surface area contributed by atoms with E-state index in [1.807, 2.05) is 24.3 Å². The first-order chi connectivity index (χ1) is 12.3. The monoisotopic (exact) mass is 485 g/mol. The standard InChI is InChI=1S/C18H16INO5S/c1-26(23,24)20(8-9-21)14-6-7-15-17(10-14)25-11-16(18(15)22)12-2-4-13(19)5-3-12/h2-7,10-11,21H,8-9H2,1H3. The van der Waals surface area contributed by atoms with Crippen LogP contribution in [0.25, 0.3) is 22.1 Å². The largest absolute Gasteiger partial charge is 0.463 e. The van der Waals surface area contributed by atoms with Crippen molar-refractivity contribution in [3.8, 4) is 11.1 Å². The van der Waals surface area contributed by atoms with E-state index in [9.17, 15) is 13.2 Å². The molecule has 0 aliphatic rings. The summed E-state index contributed by atoms with van der Waals surface area (Å²) in [6.07, 6.45) is 2.44. The molecule has 0 spiro atoms. The first-order valence-corrected chi connectivity index (χ1v) is 10.6. The minimum atomic E-state index is -3.56. The molecule has 26 heavy (non-hydrogen) atoms. The Bertz CT molecular complexity index is 1110. The highest BCUT2D eigenvalue weighted by Gasteiger charge is 2.18. The molecule has 0 saturated heterocycles. The van der Waals surface area contributed by atoms with Crippen molar-refractivity contribution >= 4 is 49.3 Å². The van der Waals surface area contributed by atoms with Gasteiger partial charge in [-0.3, -0.25) is 9.10 Å². The van der Waals surface area contributed by atoms with E-state index in [-0.39, 0.29) is 24.2 Å². The van der Waals surface area contributed by atoms with Gasteiger partial charge >= 0.3 is 0 Å². The van der Waals surface area contributed by atoms with Gasteiger partial charge in [0.05, 0.1) is 36.0 Å². The van der Waals surface area contributed by atoms with Crippen LogP contribution in [-0.4, -0.2) is 32.9 Å². The highest BCUT2D eigenvalue weighted by atomic mass is 127. The molecule has 8 heteroatoms. The fraction of sp³-hybridized carbons (Fsp3) is 0.167. The van der Waals surface area contributed by atoms with Gasteiger partial charge in [0.1, 0.15) is 11.8 Å². The highest BCUT2D eigenvalue weighted by molar-refractivity contribution is 14.1. The number of nitrogens with zero attached hydrogens (tertiary/aromatic N) is 1. The zero-order valence-corrected chi connectivity index (χ0v) is 16.8. The van der Waals surface area contributed by atoms with Gasteiger partial charge in [0, 0.05) is 9.64 Å². The normalized spacial score (nSPS) is 11.7. The summed E-state index contributed by atoms with van der Waals surface area (Å²) in [4.78, 5) is 12.8. The van der Waals surface area contributed by atoms with Crippen molar-refractivity contribution in [2.24, 2.45) is 0 Å². The molecule has 0 fully saturated rings. The third-order valence-electron chi connectivity index (χ3n) is 3.90. The molecule has 1 aromatic heterocycles. The van der Waals surface area contributed by atoms with Gasteiger partial charge in [-0.05, 0) is 52.4 Å². The first kappa shape index (κ1) is 18.9. The number of rotatable bonds is 5. The van der Waals surface area contributed by atoms with Crippen LogP contribution in [0.4, 0.5) is 5.69 Å². The number of benzene rings is 2. The maximum atomic E-state index is 12.8. The van der Waals surface area contributed by atoms with Crippen molar-refractivity contribution in [2.75, 3.05) is 23.7 Å². The predicted octanol–water partition coefficient (Wildman–Crippen LogP) is 2.82. The van der Waals surface area contributed by atoms with Crippen LogP contribution in [0.15, 0.2) is 57.9 Å². The molecule has 0 unspecified atom stereocenters. The van der Waals surface area contributed by atoms with Crippen molar-refractivity contribution in [1.29, 1.82) is 0 Å². The summed E-state index contributed by atoms with van der Waals surface area (Å²) in [5, 5.41) is 9.48. The SMILES string of the molecule is CS(=O)(=O)N(CCO)c1ccc2c(=O)c(-c3ccc(I)cc3)coc2c1. The second-order valence-corrected chi connectivity index (χ2v) is 8.88. The van der Waals surface area contributed by atoms with Crippen molar-refractivity contribution < 1.29 is 17.9 Å². The van der Waals surface area contributed by atoms with Crippen LogP contribution in [0.5, 0.6) is 0 Å². The molecule has 0 aliphatic carbocycles. The summed E-state index contributed by atoms with van der Waals surface area (Å²) < 4.78 is 31.6. The number of halogens is 1. The molecule has 0 radical (unpaired) electrons. The van der Waals surface area contributed by atoms with E-state index < -0.39 is 10.0 Å². The van der Waals surface area contributed by atoms with E-state index in [2.05, 4.69) is 22.6 Å². The lowest BCUT2D eigenvalue weighted by Gasteiger charge is -2.21. The molecule has 1 heterocycles. The van der Waals surface area contributed by atoms with Crippen LogP contribution in [0.3, 0.4) is 0 Å². The molecule has 3 aromatic rings. The number of fused-ring (bicyclic) bond motifs is 1. The fourth-order valence-corrected chi connectivity index (χ4v) is 3.95. The molecule has 0 bridgehead atoms. The Balaban J connectivity index is 2.12. The molecule has 6 nitrogen and oxygen atoms in total. The van der Waals surface area contributed by atoms with E-state index in [1.165, 1.54) is 18.4 Å². The first-order valence-electron chi connectivity index (χ1n) is 7.71. The zero-order valence-electron chi connectivity index (χ0n) is 13.8. The van der Waals surface area contributed by atoms with Gasteiger partial charge in [-0.2, -0.15) is 0 Å². The lowest BCUT2D eigenvalue weighted by Crippen LogP contribution is -2.32. The Morgan fingerprint density at radius 3 is 2.46 bits per heavy atom. The van der Waals surface area contributed by atoms with Crippen LogP contribution in [0.1, 0.15) is 0 Å². The number of sulfonamides is 1. The summed E-state index contributed by atoms with van der Waals surface area (Å²) in [6, 6.07) is 12.1. The lowest BCUT2D eigenvalue weighted by molar-refractivity contribution is 0.307. The third-order valence-corrected chi connectivity index (χ3v) is 5.82. The molecular formula is C18H16INO5S. The number of hydrogen-bond donors (Lipinski definition) is 1. The Morgan fingerprint density at radius 2 is 1.85 bits per heavy atom. The summed E-state index contributed by atoms with van der Waals surface area (Å²) >= 11 is 2.19. The van der Waals surface area contributed by atoms with E-state index in [4.69, 9.17) is 9.52 Å². The highest BCUT2D eigenvalue weighted by Crippen LogP contribution is 2.25. The van der Waals surface area contributed by atoms with Crippen molar-refractivity contribution in [1.82, 2.24) is 0 Å². The van der Waals surface area contributed by atoms with Crippen LogP contribution < -0.4 is 9.73 Å². The minimum absolute atomic E-state index is 0.0741. The summed E-state index contributed by atoms with van der Waals surface area (Å²) in [5.74, 6) is 0. The smallest absolute Gasteiger partial charge is 0.232 e. The lowest BCUT2D eigenvalue weighted by atomic mass is 10.1. The van der Waals surface area contributed by atoms with Crippen LogP contribution in [-0.2, 0) is 10.0 Å². The average molecular weight is 485 g/mol. The van der Waals surface area contributed by atoms with E-state index >= 15 is 0 Å². The summed E-state index contributed by atoms with van der Waals surface area (Å²) in [7, 11) is -3.56. The van der Waals surface area contributed by atoms with Crippen LogP contribution in [0.2, 0.25) is 0 Å². The summed E-state index contributed by atoms with van der Waals surface area (Å²) in [5.41, 5.74) is 1.62. The molecule has 1 N–H and O–H groups in total. The van der Waals surface area contributed by atoms with Crippen LogP contribution in [0, 0.1) is 3.57 Å². The molecule has 136 valence electrons. The van der Waals surface area contributed by atoms with Gasteiger partial charge in [0.2, 0.25) is 10.0 Å². The molecule has 2 aromatic carbocycles. The Morgan fingerprint density at radius 1 is 1.15 bits per heavy atom. The van der Waals surface area contributed by atoms with Gasteiger partial charge in [0.25, 0.3) is 0 Å². The molecule has 0 saturated carbocycles. The zero-order chi connectivity index (χ0) is 18.9. The third kappa shape index (κ3) is 3.76. The Hall–Kier alpha value is -1.91. The Kier molecular flexibility index (Phi) is 5.35. The predicted molar refractivity (Wildman–Crippen MR) is 110 cm³/mol. The topological polar surface area (TPSA) is 87.8 Å². The molecule has 3 rings (SSSR count). The van der Waals surface area contributed by atoms with Gasteiger partial charge in [-0.25, -0.2) is 8.42 Å². The number of aliphatic hydroxyl groups is 1. The number of hydrogen-bond acceptors (Lipinski definition) is 5. The van der Waals surface area contributed by atoms with E-state index in [0.29, 0.717) is 16.6 Å². The molecule has 0 atom stereocenters. The average Bonchev–Trinajstić information content (AvgIpc) is 2.60. The van der Waals surface area contributed by atoms with Gasteiger partial charge in [0.15, 0.2) is 5.43 Å². The number of aliphatic hydroxyl groups excluding tert-OH is 1. The molecular weight excluding hydrogens is 469 g/mol. The maximum absolute atomic E-state index is 12.8. The Labute approximate surface area is 164 Å². The van der Waals surface area contributed by atoms with Crippen LogP contribution >= 0.6 is 22.6 Å². The van der Waals surface area contributed by atoms with Gasteiger partial charge in [-0.15, -0.1) is 0 Å². The fourth-order valence-electron chi connectivity index (χ4n) is 2.68. The van der Waals surface area contributed by atoms with E-state index in [0.717, 1.165) is 19.7 Å². The van der Waals surface area contributed by atoms with Crippen molar-refractivity contribution in [3.05, 3.63) is 62.5 Å². The number of anilines is 1. The summed E-state index contributed by atoms with van der Waals surface area (Å²) in [6.45, 7) is -0.393. The van der Waals surface area contributed by atoms with Gasteiger partial charge < -0.3 is 9.52 Å².